The van der Waals surface area contributed by atoms with Gasteiger partial charge in [0.25, 0.3) is 5.88 Å². The monoisotopic (exact) mass is 242 g/mol. The van der Waals surface area contributed by atoms with Gasteiger partial charge in [0.05, 0.1) is 4.92 Å². The third kappa shape index (κ3) is 3.16. The van der Waals surface area contributed by atoms with Gasteiger partial charge in [-0.05, 0) is 13.5 Å². The van der Waals surface area contributed by atoms with Gasteiger partial charge in [-0.25, -0.2) is 4.68 Å². The number of nitro groups is 1. The van der Waals surface area contributed by atoms with Crippen LogP contribution in [0.3, 0.4) is 0 Å². The first-order valence-corrected chi connectivity index (χ1v) is 5.59. The van der Waals surface area contributed by atoms with Crippen LogP contribution in [0.5, 0.6) is 5.88 Å². The molecule has 17 heavy (non-hydrogen) atoms. The molecule has 1 aromatic heterocycles. The molecule has 7 nitrogen and oxygen atoms in total. The second kappa shape index (κ2) is 6.19. The summed E-state index contributed by atoms with van der Waals surface area (Å²) in [5.74, 6) is 0.230. The van der Waals surface area contributed by atoms with Crippen molar-refractivity contribution in [1.82, 2.24) is 15.1 Å². The maximum absolute atomic E-state index is 11.0. The molecule has 0 unspecified atom stereocenters. The topological polar surface area (TPSA) is 82.2 Å². The minimum Gasteiger partial charge on any atom is -0.472 e. The summed E-state index contributed by atoms with van der Waals surface area (Å²) in [4.78, 5) is 10.6. The molecule has 0 bridgehead atoms. The Labute approximate surface area is 99.9 Å². The van der Waals surface area contributed by atoms with E-state index in [-0.39, 0.29) is 11.6 Å². The van der Waals surface area contributed by atoms with E-state index in [1.54, 1.807) is 14.1 Å². The third-order valence-corrected chi connectivity index (χ3v) is 2.30. The van der Waals surface area contributed by atoms with E-state index >= 15 is 0 Å². The Bertz CT molecular complexity index is 389. The molecule has 0 aliphatic rings. The Morgan fingerprint density at radius 3 is 2.82 bits per heavy atom. The molecule has 0 aliphatic heterocycles. The number of rotatable bonds is 7. The first-order chi connectivity index (χ1) is 8.11. The largest absolute Gasteiger partial charge is 0.472 e. The lowest BCUT2D eigenvalue weighted by Crippen LogP contribution is -2.17. The van der Waals surface area contributed by atoms with E-state index in [0.717, 1.165) is 6.42 Å². The predicted molar refractivity (Wildman–Crippen MR) is 63.3 cm³/mol. The summed E-state index contributed by atoms with van der Waals surface area (Å²) in [5, 5.41) is 18.1. The zero-order valence-electron chi connectivity index (χ0n) is 10.4. The van der Waals surface area contributed by atoms with Crippen LogP contribution in [0.4, 0.5) is 5.69 Å². The van der Waals surface area contributed by atoms with Crippen molar-refractivity contribution in [3.63, 3.8) is 0 Å². The van der Waals surface area contributed by atoms with Gasteiger partial charge in [0, 0.05) is 13.6 Å². The number of aryl methyl sites for hydroxylation is 2. The van der Waals surface area contributed by atoms with Crippen molar-refractivity contribution in [2.24, 2.45) is 7.05 Å². The van der Waals surface area contributed by atoms with Crippen molar-refractivity contribution >= 4 is 5.69 Å². The highest BCUT2D eigenvalue weighted by atomic mass is 16.6. The van der Waals surface area contributed by atoms with Crippen molar-refractivity contribution in [3.8, 4) is 5.88 Å². The molecule has 1 N–H and O–H groups in total. The summed E-state index contributed by atoms with van der Waals surface area (Å²) in [6.07, 6.45) is 1.40. The van der Waals surface area contributed by atoms with E-state index in [1.165, 1.54) is 4.68 Å². The lowest BCUT2D eigenvalue weighted by molar-refractivity contribution is -0.386. The van der Waals surface area contributed by atoms with E-state index in [1.807, 2.05) is 6.92 Å². The Hall–Kier alpha value is -1.63. The summed E-state index contributed by atoms with van der Waals surface area (Å²) in [6, 6.07) is 0. The standard InChI is InChI=1S/C10H18N4O3/c1-4-5-8-9(14(15)16)10(13(3)12-8)17-7-6-11-2/h11H,4-7H2,1-3H3. The Morgan fingerprint density at radius 2 is 2.29 bits per heavy atom. The smallest absolute Gasteiger partial charge is 0.353 e. The van der Waals surface area contributed by atoms with Crippen LogP contribution in [-0.4, -0.2) is 34.9 Å². The molecule has 0 fully saturated rings. The molecular formula is C10H18N4O3. The fraction of sp³-hybridized carbons (Fsp3) is 0.700. The molecule has 0 spiro atoms. The van der Waals surface area contributed by atoms with Crippen molar-refractivity contribution in [2.75, 3.05) is 20.2 Å². The molecule has 0 aliphatic carbocycles. The fourth-order valence-electron chi connectivity index (χ4n) is 1.55. The van der Waals surface area contributed by atoms with Gasteiger partial charge in [-0.1, -0.05) is 13.3 Å². The van der Waals surface area contributed by atoms with Gasteiger partial charge in [0.15, 0.2) is 0 Å². The number of hydrogen-bond acceptors (Lipinski definition) is 5. The van der Waals surface area contributed by atoms with Gasteiger partial charge in [0.2, 0.25) is 0 Å². The molecule has 1 heterocycles. The van der Waals surface area contributed by atoms with Gasteiger partial charge >= 0.3 is 5.69 Å². The first kappa shape index (κ1) is 13.4. The Balaban J connectivity index is 2.96. The highest BCUT2D eigenvalue weighted by Gasteiger charge is 2.27. The maximum atomic E-state index is 11.0. The van der Waals surface area contributed by atoms with E-state index in [9.17, 15) is 10.1 Å². The number of likely N-dealkylation sites (N-methyl/N-ethyl adjacent to an activating group) is 1. The molecule has 0 aromatic carbocycles. The van der Waals surface area contributed by atoms with E-state index in [0.29, 0.717) is 25.3 Å². The molecule has 0 atom stereocenters. The average Bonchev–Trinajstić information content (AvgIpc) is 2.56. The zero-order valence-corrected chi connectivity index (χ0v) is 10.4. The molecule has 7 heteroatoms. The summed E-state index contributed by atoms with van der Waals surface area (Å²) in [6.45, 7) is 2.97. The molecule has 1 rings (SSSR count). The second-order valence-electron chi connectivity index (χ2n) is 3.68. The van der Waals surface area contributed by atoms with E-state index < -0.39 is 4.92 Å². The average molecular weight is 242 g/mol. The molecule has 0 amide bonds. The lowest BCUT2D eigenvalue weighted by Gasteiger charge is -2.04. The number of nitrogens with one attached hydrogen (secondary N) is 1. The normalized spacial score (nSPS) is 10.5. The molecule has 0 saturated heterocycles. The minimum absolute atomic E-state index is 0.00884. The molecule has 96 valence electrons. The van der Waals surface area contributed by atoms with Crippen molar-refractivity contribution < 1.29 is 9.66 Å². The number of hydrogen-bond donors (Lipinski definition) is 1. The van der Waals surface area contributed by atoms with Crippen molar-refractivity contribution in [3.05, 3.63) is 15.8 Å². The number of nitrogens with zero attached hydrogens (tertiary/aromatic N) is 3. The number of aromatic nitrogens is 2. The Kier molecular flexibility index (Phi) is 4.89. The van der Waals surface area contributed by atoms with Crippen molar-refractivity contribution in [1.29, 1.82) is 0 Å². The lowest BCUT2D eigenvalue weighted by atomic mass is 10.2. The SMILES string of the molecule is CCCc1nn(C)c(OCCNC)c1[N+](=O)[O-]. The van der Waals surface area contributed by atoms with Crippen LogP contribution in [-0.2, 0) is 13.5 Å². The van der Waals surface area contributed by atoms with E-state index in [4.69, 9.17) is 4.74 Å². The van der Waals surface area contributed by atoms with Gasteiger partial charge < -0.3 is 10.1 Å². The van der Waals surface area contributed by atoms with Crippen LogP contribution < -0.4 is 10.1 Å². The highest BCUT2D eigenvalue weighted by Crippen LogP contribution is 2.30. The fourth-order valence-corrected chi connectivity index (χ4v) is 1.55. The molecule has 0 saturated carbocycles. The second-order valence-corrected chi connectivity index (χ2v) is 3.68. The molecule has 1 aromatic rings. The minimum atomic E-state index is -0.424. The van der Waals surface area contributed by atoms with Crippen LogP contribution in [0, 0.1) is 10.1 Å². The van der Waals surface area contributed by atoms with Gasteiger partial charge in [0.1, 0.15) is 12.3 Å². The van der Waals surface area contributed by atoms with Crippen LogP contribution >= 0.6 is 0 Å². The first-order valence-electron chi connectivity index (χ1n) is 5.59. The predicted octanol–water partition coefficient (Wildman–Crippen LogP) is 0.879. The van der Waals surface area contributed by atoms with E-state index in [2.05, 4.69) is 10.4 Å². The van der Waals surface area contributed by atoms with Crippen LogP contribution in [0.2, 0.25) is 0 Å². The summed E-state index contributed by atoms with van der Waals surface area (Å²) < 4.78 is 6.82. The van der Waals surface area contributed by atoms with Gasteiger partial charge in [-0.15, -0.1) is 0 Å². The summed E-state index contributed by atoms with van der Waals surface area (Å²) in [5.41, 5.74) is 0.477. The van der Waals surface area contributed by atoms with Crippen LogP contribution in [0.15, 0.2) is 0 Å². The maximum Gasteiger partial charge on any atom is 0.353 e. The van der Waals surface area contributed by atoms with Gasteiger partial charge in [-0.2, -0.15) is 5.10 Å². The van der Waals surface area contributed by atoms with Crippen LogP contribution in [0.1, 0.15) is 19.0 Å². The molecular weight excluding hydrogens is 224 g/mol. The molecule has 0 radical (unpaired) electrons. The third-order valence-electron chi connectivity index (χ3n) is 2.30. The van der Waals surface area contributed by atoms with Crippen LogP contribution in [0.25, 0.3) is 0 Å². The summed E-state index contributed by atoms with van der Waals surface area (Å²) >= 11 is 0. The zero-order chi connectivity index (χ0) is 12.8. The highest BCUT2D eigenvalue weighted by molar-refractivity contribution is 5.46. The Morgan fingerprint density at radius 1 is 1.59 bits per heavy atom. The van der Waals surface area contributed by atoms with Crippen molar-refractivity contribution in [2.45, 2.75) is 19.8 Å². The quantitative estimate of drug-likeness (QED) is 0.436. The van der Waals surface area contributed by atoms with Gasteiger partial charge in [-0.3, -0.25) is 10.1 Å². The number of ether oxygens (including phenoxy) is 1. The summed E-state index contributed by atoms with van der Waals surface area (Å²) in [7, 11) is 3.45.